The number of amides is 3. The van der Waals surface area contributed by atoms with Gasteiger partial charge in [-0.15, -0.1) is 0 Å². The number of hydrogen-bond acceptors (Lipinski definition) is 7. The first-order valence-electron chi connectivity index (χ1n) is 15.3. The summed E-state index contributed by atoms with van der Waals surface area (Å²) in [4.78, 5) is 55.4. The molecule has 3 atom stereocenters. The van der Waals surface area contributed by atoms with Crippen LogP contribution in [0.4, 0.5) is 15.8 Å². The third kappa shape index (κ3) is 6.60. The highest BCUT2D eigenvalue weighted by Crippen LogP contribution is 2.37. The number of hydrogen-bond donors (Lipinski definition) is 3. The van der Waals surface area contributed by atoms with Gasteiger partial charge in [0.1, 0.15) is 5.82 Å². The van der Waals surface area contributed by atoms with E-state index in [2.05, 4.69) is 15.5 Å². The van der Waals surface area contributed by atoms with E-state index in [4.69, 9.17) is 9.47 Å². The summed E-state index contributed by atoms with van der Waals surface area (Å²) < 4.78 is 24.3. The van der Waals surface area contributed by atoms with E-state index < -0.39 is 30.2 Å². The molecule has 240 valence electrons. The number of benzene rings is 3. The lowest BCUT2D eigenvalue weighted by atomic mass is 10.0. The van der Waals surface area contributed by atoms with Crippen molar-refractivity contribution in [2.24, 2.45) is 5.92 Å². The minimum absolute atomic E-state index is 0.0868. The van der Waals surface area contributed by atoms with Crippen LogP contribution in [0.5, 0.6) is 11.5 Å². The molecule has 3 aromatic rings. The van der Waals surface area contributed by atoms with E-state index in [9.17, 15) is 28.7 Å². The zero-order valence-electron chi connectivity index (χ0n) is 25.5. The fraction of sp³-hybridized carbons (Fsp3) is 0.353. The van der Waals surface area contributed by atoms with Crippen LogP contribution < -0.4 is 25.0 Å². The molecule has 12 heteroatoms. The number of ether oxygens (including phenoxy) is 2. The fourth-order valence-corrected chi connectivity index (χ4v) is 5.91. The highest BCUT2D eigenvalue weighted by atomic mass is 19.1. The van der Waals surface area contributed by atoms with Crippen LogP contribution in [0.1, 0.15) is 65.4 Å². The maximum absolute atomic E-state index is 13.5. The van der Waals surface area contributed by atoms with Gasteiger partial charge in [-0.05, 0) is 80.8 Å². The molecule has 3 aromatic carbocycles. The molecule has 3 aliphatic rings. The van der Waals surface area contributed by atoms with Gasteiger partial charge in [0, 0.05) is 42.2 Å². The molecule has 0 aromatic heterocycles. The van der Waals surface area contributed by atoms with E-state index in [-0.39, 0.29) is 42.2 Å². The Morgan fingerprint density at radius 1 is 0.913 bits per heavy atom. The van der Waals surface area contributed by atoms with Gasteiger partial charge in [-0.3, -0.25) is 19.2 Å². The fourth-order valence-electron chi connectivity index (χ4n) is 5.91. The second kappa shape index (κ2) is 12.7. The van der Waals surface area contributed by atoms with Crippen molar-refractivity contribution in [3.63, 3.8) is 0 Å². The predicted octanol–water partition coefficient (Wildman–Crippen LogP) is 4.59. The van der Waals surface area contributed by atoms with Crippen LogP contribution in [0.15, 0.2) is 60.7 Å². The third-order valence-electron chi connectivity index (χ3n) is 8.60. The lowest BCUT2D eigenvalue weighted by molar-refractivity contribution is -0.137. The van der Waals surface area contributed by atoms with Gasteiger partial charge < -0.3 is 35.0 Å². The highest BCUT2D eigenvalue weighted by Gasteiger charge is 2.35. The predicted molar refractivity (Wildman–Crippen MR) is 167 cm³/mol. The zero-order chi connectivity index (χ0) is 32.5. The first kappa shape index (κ1) is 30.9. The monoisotopic (exact) mass is 630 g/mol. The van der Waals surface area contributed by atoms with Crippen LogP contribution in [0, 0.1) is 11.7 Å². The number of halogens is 1. The number of nitrogens with zero attached hydrogens (tertiary/aromatic N) is 2. The Morgan fingerprint density at radius 2 is 1.63 bits per heavy atom. The van der Waals surface area contributed by atoms with Gasteiger partial charge in [-0.2, -0.15) is 0 Å². The van der Waals surface area contributed by atoms with Crippen LogP contribution in [-0.2, 0) is 9.59 Å². The summed E-state index contributed by atoms with van der Waals surface area (Å²) in [5.74, 6) is -1.33. The first-order valence-corrected chi connectivity index (χ1v) is 15.3. The topological polar surface area (TPSA) is 138 Å². The second-order valence-corrected chi connectivity index (χ2v) is 12.0. The lowest BCUT2D eigenvalue weighted by Gasteiger charge is -2.46. The Bertz CT molecular complexity index is 1680. The molecule has 0 spiro atoms. The zero-order valence-corrected chi connectivity index (χ0v) is 25.5. The van der Waals surface area contributed by atoms with Crippen molar-refractivity contribution >= 4 is 35.1 Å². The number of fused-ring (bicyclic) bond motifs is 1. The van der Waals surface area contributed by atoms with Crippen molar-refractivity contribution in [3.8, 4) is 11.5 Å². The summed E-state index contributed by atoms with van der Waals surface area (Å²) >= 11 is 0. The van der Waals surface area contributed by atoms with E-state index in [1.165, 1.54) is 24.3 Å². The number of carbonyl (C=O) groups is 4. The van der Waals surface area contributed by atoms with E-state index in [1.807, 2.05) is 18.7 Å². The van der Waals surface area contributed by atoms with Gasteiger partial charge in [0.15, 0.2) is 11.5 Å². The Morgan fingerprint density at radius 3 is 2.35 bits per heavy atom. The quantitative estimate of drug-likeness (QED) is 0.312. The van der Waals surface area contributed by atoms with Gasteiger partial charge in [0.25, 0.3) is 11.8 Å². The van der Waals surface area contributed by atoms with Gasteiger partial charge in [-0.25, -0.2) is 4.39 Å². The summed E-state index contributed by atoms with van der Waals surface area (Å²) in [5.41, 5.74) is 2.35. The molecule has 1 saturated carbocycles. The summed E-state index contributed by atoms with van der Waals surface area (Å²) in [5, 5.41) is 15.2. The van der Waals surface area contributed by atoms with Crippen LogP contribution in [0.2, 0.25) is 0 Å². The largest absolute Gasteiger partial charge is 0.481 e. The van der Waals surface area contributed by atoms with Crippen LogP contribution in [0.3, 0.4) is 0 Å². The Kier molecular flexibility index (Phi) is 8.53. The molecule has 0 bridgehead atoms. The van der Waals surface area contributed by atoms with Gasteiger partial charge in [0.05, 0.1) is 23.8 Å². The van der Waals surface area contributed by atoms with Crippen LogP contribution in [0.25, 0.3) is 0 Å². The van der Waals surface area contributed by atoms with Crippen LogP contribution >= 0.6 is 0 Å². The van der Waals surface area contributed by atoms with Crippen LogP contribution in [-0.4, -0.2) is 65.7 Å². The number of rotatable bonds is 9. The number of carbonyl (C=O) groups excluding carboxylic acids is 3. The van der Waals surface area contributed by atoms with Gasteiger partial charge in [0.2, 0.25) is 12.7 Å². The number of carboxylic acids is 1. The number of aliphatic carboxylic acids is 1. The van der Waals surface area contributed by atoms with Crippen molar-refractivity contribution in [1.82, 2.24) is 10.2 Å². The highest BCUT2D eigenvalue weighted by molar-refractivity contribution is 6.01. The van der Waals surface area contributed by atoms with Crippen molar-refractivity contribution in [3.05, 3.63) is 83.2 Å². The molecule has 2 aliphatic heterocycles. The molecule has 46 heavy (non-hydrogen) atoms. The molecule has 6 rings (SSSR count). The summed E-state index contributed by atoms with van der Waals surface area (Å²) in [6.45, 7) is 4.97. The molecule has 3 amide bonds. The Balaban J connectivity index is 1.23. The van der Waals surface area contributed by atoms with Crippen molar-refractivity contribution in [2.45, 2.75) is 51.2 Å². The van der Waals surface area contributed by atoms with Crippen molar-refractivity contribution in [2.75, 3.05) is 30.1 Å². The van der Waals surface area contributed by atoms with Gasteiger partial charge in [-0.1, -0.05) is 12.1 Å². The molecule has 1 saturated heterocycles. The normalized spacial score (nSPS) is 19.4. The van der Waals surface area contributed by atoms with E-state index in [1.54, 1.807) is 36.4 Å². The first-order chi connectivity index (χ1) is 22.1. The summed E-state index contributed by atoms with van der Waals surface area (Å²) in [7, 11) is 0. The molecule has 0 radical (unpaired) electrons. The molecule has 2 heterocycles. The number of carboxylic acid groups (broad SMARTS) is 1. The third-order valence-corrected chi connectivity index (χ3v) is 8.60. The number of nitrogens with one attached hydrogen (secondary N) is 2. The minimum Gasteiger partial charge on any atom is -0.481 e. The molecular formula is C34H35FN4O7. The molecule has 3 unspecified atom stereocenters. The Labute approximate surface area is 265 Å². The lowest BCUT2D eigenvalue weighted by Crippen LogP contribution is -2.58. The standard InChI is InChI=1S/C34H35FN4O7/c1-19-17-39(34(44)24-8-12-29-30(14-24)46-18-45-29)20(2)16-38(19)28-11-7-23(13-27(28)37-32(42)22-3-4-22)33(43)36-26(15-31(40)41)21-5-9-25(35)10-6-21/h5-14,19-20,22,26H,3-4,15-18H2,1-2H3,(H,36,43)(H,37,42)(H,40,41). The van der Waals surface area contributed by atoms with E-state index >= 15 is 0 Å². The van der Waals surface area contributed by atoms with Gasteiger partial charge >= 0.3 is 5.97 Å². The number of anilines is 2. The SMILES string of the molecule is CC1CN(c2ccc(C(=O)NC(CC(=O)O)c3ccc(F)cc3)cc2NC(=O)C2CC2)C(C)CN1C(=O)c1ccc2c(c1)OCO2. The molecular weight excluding hydrogens is 595 g/mol. The average Bonchev–Trinajstić information content (AvgIpc) is 3.78. The average molecular weight is 631 g/mol. The molecule has 3 N–H and O–H groups in total. The maximum atomic E-state index is 13.5. The van der Waals surface area contributed by atoms with E-state index in [0.717, 1.165) is 12.8 Å². The Hall–Kier alpha value is -5.13. The molecule has 11 nitrogen and oxygen atoms in total. The molecule has 2 fully saturated rings. The molecule has 1 aliphatic carbocycles. The number of piperazine rings is 1. The van der Waals surface area contributed by atoms with E-state index in [0.29, 0.717) is 47.1 Å². The summed E-state index contributed by atoms with van der Waals surface area (Å²) in [6.07, 6.45) is 1.19. The maximum Gasteiger partial charge on any atom is 0.305 e. The van der Waals surface area contributed by atoms with Crippen molar-refractivity contribution < 1.29 is 38.1 Å². The minimum atomic E-state index is -1.12. The van der Waals surface area contributed by atoms with Crippen molar-refractivity contribution in [1.29, 1.82) is 0 Å². The smallest absolute Gasteiger partial charge is 0.305 e. The summed E-state index contributed by atoms with van der Waals surface area (Å²) in [6, 6.07) is 14.2. The second-order valence-electron chi connectivity index (χ2n) is 12.0.